The Morgan fingerprint density at radius 3 is 2.69 bits per heavy atom. The van der Waals surface area contributed by atoms with Crippen molar-refractivity contribution in [3.63, 3.8) is 0 Å². The van der Waals surface area contributed by atoms with Crippen LogP contribution < -0.4 is 0 Å². The van der Waals surface area contributed by atoms with Crippen molar-refractivity contribution in [2.45, 2.75) is 83.8 Å². The van der Waals surface area contributed by atoms with Gasteiger partial charge in [-0.05, 0) is 106 Å². The van der Waals surface area contributed by atoms with Gasteiger partial charge in [-0.1, -0.05) is 25.1 Å². The third-order valence-corrected chi connectivity index (χ3v) is 10.4. The fourth-order valence-corrected chi connectivity index (χ4v) is 8.98. The topological polar surface area (TPSA) is 55.1 Å². The maximum Gasteiger partial charge on any atom is 0.157 e. The Balaban J connectivity index is 1.18. The minimum absolute atomic E-state index is 0.165. The van der Waals surface area contributed by atoms with Gasteiger partial charge in [-0.2, -0.15) is 5.10 Å². The highest BCUT2D eigenvalue weighted by Crippen LogP contribution is 2.64. The molecule has 8 unspecified atom stereocenters. The number of benzene rings is 1. The summed E-state index contributed by atoms with van der Waals surface area (Å²) in [6.07, 6.45) is 12.6. The highest BCUT2D eigenvalue weighted by molar-refractivity contribution is 5.83. The van der Waals surface area contributed by atoms with E-state index >= 15 is 0 Å². The van der Waals surface area contributed by atoms with E-state index in [1.165, 1.54) is 38.5 Å². The number of nitrogens with zero attached hydrogens (tertiary/aromatic N) is 2. The first-order valence-corrected chi connectivity index (χ1v) is 13.0. The number of aliphatic hydroxyl groups is 1. The van der Waals surface area contributed by atoms with Crippen molar-refractivity contribution >= 4 is 16.7 Å². The third-order valence-electron chi connectivity index (χ3n) is 10.4. The number of carbonyl (C=O) groups is 1. The van der Waals surface area contributed by atoms with Gasteiger partial charge in [0.1, 0.15) is 0 Å². The Morgan fingerprint density at radius 2 is 1.84 bits per heavy atom. The van der Waals surface area contributed by atoms with E-state index in [0.29, 0.717) is 18.2 Å². The zero-order chi connectivity index (χ0) is 22.1. The second kappa shape index (κ2) is 7.41. The number of Topliss-reactive ketones (excluding diaryl/α,β-unsaturated/α-hetero) is 1. The van der Waals surface area contributed by atoms with Gasteiger partial charge in [-0.3, -0.25) is 9.48 Å². The van der Waals surface area contributed by atoms with Crippen LogP contribution in [0, 0.1) is 40.9 Å². The van der Waals surface area contributed by atoms with E-state index in [1.54, 1.807) is 0 Å². The molecule has 0 spiro atoms. The van der Waals surface area contributed by atoms with E-state index in [2.05, 4.69) is 18.1 Å². The summed E-state index contributed by atoms with van der Waals surface area (Å²) in [6, 6.07) is 8.12. The maximum absolute atomic E-state index is 13.5. The molecule has 2 aromatic rings. The number of fused-ring (bicyclic) bond motifs is 6. The van der Waals surface area contributed by atoms with Gasteiger partial charge in [0.2, 0.25) is 0 Å². The summed E-state index contributed by atoms with van der Waals surface area (Å²) in [5, 5.41) is 16.4. The molecule has 0 aliphatic heterocycles. The van der Waals surface area contributed by atoms with Gasteiger partial charge in [0.25, 0.3) is 0 Å². The largest absolute Gasteiger partial charge is 0.390 e. The Kier molecular flexibility index (Phi) is 4.84. The molecule has 0 saturated heterocycles. The zero-order valence-electron chi connectivity index (χ0n) is 19.7. The second-order valence-corrected chi connectivity index (χ2v) is 12.2. The van der Waals surface area contributed by atoms with Gasteiger partial charge < -0.3 is 5.11 Å². The van der Waals surface area contributed by atoms with Crippen molar-refractivity contribution in [1.29, 1.82) is 0 Å². The van der Waals surface area contributed by atoms with Crippen LogP contribution in [0.25, 0.3) is 10.9 Å². The van der Waals surface area contributed by atoms with Crippen LogP contribution in [0.5, 0.6) is 0 Å². The normalized spacial score (nSPS) is 43.5. The SMILES string of the molecule is CC1(O)CCC2C(CCC3C2CCC2(C)C(C(=O)Cn4cc5ccccc5n4)CCC32)C1. The van der Waals surface area contributed by atoms with Crippen LogP contribution in [0.15, 0.2) is 30.5 Å². The summed E-state index contributed by atoms with van der Waals surface area (Å²) in [6.45, 7) is 4.90. The van der Waals surface area contributed by atoms with E-state index in [1.807, 2.05) is 36.0 Å². The molecule has 1 heterocycles. The maximum atomic E-state index is 13.5. The summed E-state index contributed by atoms with van der Waals surface area (Å²) < 4.78 is 1.87. The van der Waals surface area contributed by atoms with Crippen LogP contribution in [0.1, 0.15) is 71.6 Å². The van der Waals surface area contributed by atoms with Gasteiger partial charge in [0.15, 0.2) is 5.78 Å². The van der Waals surface area contributed by atoms with E-state index in [9.17, 15) is 9.90 Å². The first kappa shape index (κ1) is 20.9. The molecule has 0 amide bonds. The van der Waals surface area contributed by atoms with Crippen molar-refractivity contribution in [1.82, 2.24) is 9.78 Å². The second-order valence-electron chi connectivity index (χ2n) is 12.2. The molecular formula is C28H38N2O2. The number of rotatable bonds is 3. The molecule has 4 aliphatic carbocycles. The van der Waals surface area contributed by atoms with E-state index in [4.69, 9.17) is 0 Å². The van der Waals surface area contributed by atoms with Crippen molar-refractivity contribution in [2.24, 2.45) is 40.9 Å². The van der Waals surface area contributed by atoms with Crippen LogP contribution in [-0.4, -0.2) is 26.3 Å². The molecule has 172 valence electrons. The summed E-state index contributed by atoms with van der Waals surface area (Å²) in [5.74, 6) is 4.43. The van der Waals surface area contributed by atoms with Gasteiger partial charge in [0, 0.05) is 17.5 Å². The molecule has 1 aromatic heterocycles. The highest BCUT2D eigenvalue weighted by Gasteiger charge is 2.58. The summed E-state index contributed by atoms with van der Waals surface area (Å²) in [7, 11) is 0. The number of hydrogen-bond acceptors (Lipinski definition) is 3. The fraction of sp³-hybridized carbons (Fsp3) is 0.714. The predicted molar refractivity (Wildman–Crippen MR) is 126 cm³/mol. The Labute approximate surface area is 191 Å². The Hall–Kier alpha value is -1.68. The van der Waals surface area contributed by atoms with Crippen molar-refractivity contribution in [3.8, 4) is 0 Å². The molecule has 1 N–H and O–H groups in total. The van der Waals surface area contributed by atoms with Gasteiger partial charge >= 0.3 is 0 Å². The molecule has 0 bridgehead atoms. The minimum Gasteiger partial charge on any atom is -0.390 e. The molecular weight excluding hydrogens is 396 g/mol. The first-order valence-electron chi connectivity index (χ1n) is 13.0. The molecule has 4 fully saturated rings. The molecule has 4 saturated carbocycles. The van der Waals surface area contributed by atoms with E-state index in [0.717, 1.165) is 53.8 Å². The fourth-order valence-electron chi connectivity index (χ4n) is 8.98. The smallest absolute Gasteiger partial charge is 0.157 e. The lowest BCUT2D eigenvalue weighted by atomic mass is 9.49. The monoisotopic (exact) mass is 434 g/mol. The molecule has 4 nitrogen and oxygen atoms in total. The number of hydrogen-bond donors (Lipinski definition) is 1. The lowest BCUT2D eigenvalue weighted by Crippen LogP contribution is -2.51. The predicted octanol–water partition coefficient (Wildman–Crippen LogP) is 5.63. The van der Waals surface area contributed by atoms with Gasteiger partial charge in [0.05, 0.1) is 17.7 Å². The van der Waals surface area contributed by atoms with Crippen LogP contribution in [0.4, 0.5) is 0 Å². The Bertz CT molecular complexity index is 992. The number of aromatic nitrogens is 2. The van der Waals surface area contributed by atoms with Crippen LogP contribution >= 0.6 is 0 Å². The molecule has 4 aliphatic rings. The van der Waals surface area contributed by atoms with Crippen molar-refractivity contribution in [3.05, 3.63) is 30.5 Å². The first-order chi connectivity index (χ1) is 15.3. The van der Waals surface area contributed by atoms with Crippen LogP contribution in [0.3, 0.4) is 0 Å². The lowest BCUT2D eigenvalue weighted by molar-refractivity contribution is -0.133. The van der Waals surface area contributed by atoms with Crippen molar-refractivity contribution < 1.29 is 9.90 Å². The summed E-state index contributed by atoms with van der Waals surface area (Å²) in [5.41, 5.74) is 0.691. The van der Waals surface area contributed by atoms with Crippen LogP contribution in [-0.2, 0) is 11.3 Å². The summed E-state index contributed by atoms with van der Waals surface area (Å²) >= 11 is 0. The quantitative estimate of drug-likeness (QED) is 0.682. The highest BCUT2D eigenvalue weighted by atomic mass is 16.3. The van der Waals surface area contributed by atoms with E-state index in [-0.39, 0.29) is 11.3 Å². The van der Waals surface area contributed by atoms with Gasteiger partial charge in [-0.15, -0.1) is 0 Å². The molecule has 0 radical (unpaired) electrons. The molecule has 6 rings (SSSR count). The molecule has 32 heavy (non-hydrogen) atoms. The molecule has 8 atom stereocenters. The lowest BCUT2D eigenvalue weighted by Gasteiger charge is -2.56. The number of carbonyl (C=O) groups excluding carboxylic acids is 1. The molecule has 1 aromatic carbocycles. The minimum atomic E-state index is -0.445. The molecule has 4 heteroatoms. The standard InChI is InChI=1S/C28H38N2O2/c1-27(32)13-11-20-18(15-27)7-8-22-21(20)12-14-28(2)23(22)9-10-24(28)26(31)17-30-16-19-5-3-4-6-25(19)29-30/h3-6,16,18,20-24,32H,7-15,17H2,1-2H3. The van der Waals surface area contributed by atoms with Crippen molar-refractivity contribution in [2.75, 3.05) is 0 Å². The number of ketones is 1. The zero-order valence-corrected chi connectivity index (χ0v) is 19.7. The summed E-state index contributed by atoms with van der Waals surface area (Å²) in [4.78, 5) is 13.5. The van der Waals surface area contributed by atoms with E-state index < -0.39 is 5.60 Å². The average molecular weight is 435 g/mol. The van der Waals surface area contributed by atoms with Crippen LogP contribution in [0.2, 0.25) is 0 Å². The Morgan fingerprint density at radius 1 is 1.03 bits per heavy atom. The third kappa shape index (κ3) is 3.28. The van der Waals surface area contributed by atoms with Gasteiger partial charge in [-0.25, -0.2) is 0 Å². The average Bonchev–Trinajstić information content (AvgIpc) is 3.32.